The number of benzene rings is 1. The maximum absolute atomic E-state index is 2.69. The summed E-state index contributed by atoms with van der Waals surface area (Å²) in [5.41, 5.74) is 2.89. The Labute approximate surface area is 132 Å². The van der Waals surface area contributed by atoms with Gasteiger partial charge >= 0.3 is 0 Å². The number of nitrogens with zero attached hydrogens (tertiary/aromatic N) is 1. The van der Waals surface area contributed by atoms with Crippen molar-refractivity contribution in [3.8, 4) is 0 Å². The van der Waals surface area contributed by atoms with Crippen LogP contribution in [0.1, 0.15) is 54.7 Å². The third-order valence-electron chi connectivity index (χ3n) is 4.55. The number of thiophene rings is 1. The first-order valence-electron chi connectivity index (χ1n) is 8.22. The van der Waals surface area contributed by atoms with Gasteiger partial charge in [0.1, 0.15) is 0 Å². The third kappa shape index (κ3) is 3.75. The zero-order valence-corrected chi connectivity index (χ0v) is 13.7. The normalized spacial score (nSPS) is 20.3. The minimum absolute atomic E-state index is 0.623. The molecule has 1 aliphatic heterocycles. The average Bonchev–Trinajstić information content (AvgIpc) is 2.96. The van der Waals surface area contributed by atoms with Crippen molar-refractivity contribution in [2.75, 3.05) is 6.54 Å². The minimum atomic E-state index is 0.623. The molecule has 1 saturated heterocycles. The molecule has 0 aliphatic carbocycles. The van der Waals surface area contributed by atoms with Gasteiger partial charge in [0.2, 0.25) is 0 Å². The number of hydrogen-bond acceptors (Lipinski definition) is 2. The van der Waals surface area contributed by atoms with Crippen molar-refractivity contribution in [1.29, 1.82) is 0 Å². The van der Waals surface area contributed by atoms with Crippen LogP contribution in [-0.2, 0) is 13.0 Å². The predicted molar refractivity (Wildman–Crippen MR) is 91.8 cm³/mol. The van der Waals surface area contributed by atoms with E-state index in [1.165, 1.54) is 43.4 Å². The van der Waals surface area contributed by atoms with Crippen molar-refractivity contribution in [3.05, 3.63) is 57.8 Å². The van der Waals surface area contributed by atoms with E-state index in [0.717, 1.165) is 13.0 Å². The minimum Gasteiger partial charge on any atom is -0.291 e. The number of likely N-dealkylation sites (tertiary alicyclic amines) is 1. The highest BCUT2D eigenvalue weighted by atomic mass is 32.1. The largest absolute Gasteiger partial charge is 0.291 e. The summed E-state index contributed by atoms with van der Waals surface area (Å²) in [7, 11) is 0. The van der Waals surface area contributed by atoms with Gasteiger partial charge in [-0.2, -0.15) is 0 Å². The zero-order valence-electron chi connectivity index (χ0n) is 12.9. The summed E-state index contributed by atoms with van der Waals surface area (Å²) in [5, 5.41) is 2.22. The first kappa shape index (κ1) is 14.8. The SMILES string of the molecule is CCc1ccc(CN2CCCCC[C@@H]2c2cccs2)cc1. The standard InChI is InChI=1S/C19H25NS/c1-2-16-9-11-17(12-10-16)15-20-13-5-3-4-7-18(20)19-8-6-14-21-19/h6,8-12,14,18H,2-5,7,13,15H2,1H3/t18-/m1/s1. The van der Waals surface area contributed by atoms with Gasteiger partial charge in [0.15, 0.2) is 0 Å². The molecule has 3 rings (SSSR count). The first-order chi connectivity index (χ1) is 10.4. The Hall–Kier alpha value is -1.12. The van der Waals surface area contributed by atoms with E-state index in [-0.39, 0.29) is 0 Å². The van der Waals surface area contributed by atoms with Crippen LogP contribution in [0.25, 0.3) is 0 Å². The van der Waals surface area contributed by atoms with Gasteiger partial charge < -0.3 is 0 Å². The Morgan fingerprint density at radius 2 is 1.86 bits per heavy atom. The molecule has 0 N–H and O–H groups in total. The van der Waals surface area contributed by atoms with Crippen LogP contribution < -0.4 is 0 Å². The van der Waals surface area contributed by atoms with Crippen molar-refractivity contribution in [2.24, 2.45) is 0 Å². The third-order valence-corrected chi connectivity index (χ3v) is 5.53. The Kier molecular flexibility index (Phi) is 5.10. The second-order valence-corrected chi connectivity index (χ2v) is 7.00. The molecule has 0 spiro atoms. The Bertz CT molecular complexity index is 529. The first-order valence-corrected chi connectivity index (χ1v) is 9.10. The highest BCUT2D eigenvalue weighted by molar-refractivity contribution is 7.10. The summed E-state index contributed by atoms with van der Waals surface area (Å²) in [6.07, 6.45) is 6.53. The molecule has 1 fully saturated rings. The molecule has 1 aliphatic rings. The molecule has 1 aromatic heterocycles. The summed E-state index contributed by atoms with van der Waals surface area (Å²) in [5.74, 6) is 0. The van der Waals surface area contributed by atoms with Crippen LogP contribution in [0.3, 0.4) is 0 Å². The Morgan fingerprint density at radius 3 is 2.57 bits per heavy atom. The van der Waals surface area contributed by atoms with E-state index in [9.17, 15) is 0 Å². The van der Waals surface area contributed by atoms with Gasteiger partial charge in [-0.1, -0.05) is 50.1 Å². The topological polar surface area (TPSA) is 3.24 Å². The highest BCUT2D eigenvalue weighted by Gasteiger charge is 2.23. The quantitative estimate of drug-likeness (QED) is 0.728. The summed E-state index contributed by atoms with van der Waals surface area (Å²) in [4.78, 5) is 4.24. The maximum Gasteiger partial charge on any atom is 0.0445 e. The van der Waals surface area contributed by atoms with E-state index in [2.05, 4.69) is 53.6 Å². The van der Waals surface area contributed by atoms with Crippen molar-refractivity contribution in [2.45, 2.75) is 51.6 Å². The van der Waals surface area contributed by atoms with Crippen LogP contribution in [0.5, 0.6) is 0 Å². The number of rotatable bonds is 4. The molecule has 0 bridgehead atoms. The smallest absolute Gasteiger partial charge is 0.0445 e. The maximum atomic E-state index is 2.69. The highest BCUT2D eigenvalue weighted by Crippen LogP contribution is 2.33. The number of aryl methyl sites for hydroxylation is 1. The monoisotopic (exact) mass is 299 g/mol. The molecule has 0 radical (unpaired) electrons. The van der Waals surface area contributed by atoms with Gasteiger partial charge in [0.25, 0.3) is 0 Å². The van der Waals surface area contributed by atoms with E-state index < -0.39 is 0 Å². The van der Waals surface area contributed by atoms with Crippen molar-refractivity contribution < 1.29 is 0 Å². The van der Waals surface area contributed by atoms with Crippen LogP contribution in [0.2, 0.25) is 0 Å². The van der Waals surface area contributed by atoms with Crippen LogP contribution in [-0.4, -0.2) is 11.4 Å². The molecular formula is C19H25NS. The van der Waals surface area contributed by atoms with E-state index in [1.807, 2.05) is 11.3 Å². The molecule has 1 atom stereocenters. The lowest BCUT2D eigenvalue weighted by Gasteiger charge is -2.29. The van der Waals surface area contributed by atoms with Crippen LogP contribution in [0, 0.1) is 0 Å². The van der Waals surface area contributed by atoms with Gasteiger partial charge in [-0.15, -0.1) is 11.3 Å². The van der Waals surface area contributed by atoms with Gasteiger partial charge in [-0.3, -0.25) is 4.90 Å². The van der Waals surface area contributed by atoms with Gasteiger partial charge in [-0.25, -0.2) is 0 Å². The van der Waals surface area contributed by atoms with Gasteiger partial charge in [-0.05, 0) is 48.4 Å². The molecule has 21 heavy (non-hydrogen) atoms. The second-order valence-electron chi connectivity index (χ2n) is 6.02. The summed E-state index contributed by atoms with van der Waals surface area (Å²) >= 11 is 1.92. The Morgan fingerprint density at radius 1 is 1.05 bits per heavy atom. The van der Waals surface area contributed by atoms with E-state index in [4.69, 9.17) is 0 Å². The molecule has 0 saturated carbocycles. The molecule has 2 heteroatoms. The average molecular weight is 299 g/mol. The van der Waals surface area contributed by atoms with Gasteiger partial charge in [0, 0.05) is 17.5 Å². The zero-order chi connectivity index (χ0) is 14.5. The summed E-state index contributed by atoms with van der Waals surface area (Å²) in [6, 6.07) is 14.3. The summed E-state index contributed by atoms with van der Waals surface area (Å²) in [6.45, 7) is 4.54. The van der Waals surface area contributed by atoms with Crippen LogP contribution >= 0.6 is 11.3 Å². The molecule has 2 heterocycles. The van der Waals surface area contributed by atoms with Crippen molar-refractivity contribution in [3.63, 3.8) is 0 Å². The fraction of sp³-hybridized carbons (Fsp3) is 0.474. The van der Waals surface area contributed by atoms with Crippen LogP contribution in [0.4, 0.5) is 0 Å². The molecule has 112 valence electrons. The fourth-order valence-electron chi connectivity index (χ4n) is 3.27. The lowest BCUT2D eigenvalue weighted by atomic mass is 10.1. The lowest BCUT2D eigenvalue weighted by molar-refractivity contribution is 0.195. The van der Waals surface area contributed by atoms with E-state index in [0.29, 0.717) is 6.04 Å². The molecule has 0 amide bonds. The predicted octanol–water partition coefficient (Wildman–Crippen LogP) is 5.43. The molecule has 2 aromatic rings. The Balaban J connectivity index is 1.76. The molecule has 1 aromatic carbocycles. The summed E-state index contributed by atoms with van der Waals surface area (Å²) < 4.78 is 0. The second kappa shape index (κ2) is 7.24. The molecule has 1 nitrogen and oxygen atoms in total. The van der Waals surface area contributed by atoms with Crippen molar-refractivity contribution >= 4 is 11.3 Å². The molecular weight excluding hydrogens is 274 g/mol. The fourth-order valence-corrected chi connectivity index (χ4v) is 4.17. The van der Waals surface area contributed by atoms with Crippen LogP contribution in [0.15, 0.2) is 41.8 Å². The lowest BCUT2D eigenvalue weighted by Crippen LogP contribution is -2.27. The number of hydrogen-bond donors (Lipinski definition) is 0. The van der Waals surface area contributed by atoms with Gasteiger partial charge in [0.05, 0.1) is 0 Å². The van der Waals surface area contributed by atoms with E-state index >= 15 is 0 Å². The van der Waals surface area contributed by atoms with E-state index in [1.54, 1.807) is 4.88 Å². The van der Waals surface area contributed by atoms with Crippen molar-refractivity contribution in [1.82, 2.24) is 4.90 Å². The molecule has 0 unspecified atom stereocenters.